The Morgan fingerprint density at radius 2 is 2.38 bits per heavy atom. The number of rotatable bonds is 2. The van der Waals surface area contributed by atoms with Crippen molar-refractivity contribution in [2.75, 3.05) is 0 Å². The number of hydrogen-bond donors (Lipinski definition) is 1. The molecule has 0 aliphatic rings. The topological polar surface area (TPSA) is 41.7 Å². The fourth-order valence-corrected chi connectivity index (χ4v) is 2.27. The van der Waals surface area contributed by atoms with Crippen LogP contribution in [0.3, 0.4) is 0 Å². The second-order valence-corrected chi connectivity index (χ2v) is 4.27. The number of hydrogen-bond acceptors (Lipinski definition) is 2. The zero-order valence-electron chi connectivity index (χ0n) is 7.15. The van der Waals surface area contributed by atoms with E-state index in [1.165, 1.54) is 4.88 Å². The quantitative estimate of drug-likeness (QED) is 0.795. The van der Waals surface area contributed by atoms with Gasteiger partial charge in [-0.15, -0.1) is 11.3 Å². The standard InChI is InChI=1S/C9H9NO2S/c1-6-4-10-5-7(3-9(11)12)2-8(10)13-6/h2,4-5H,3H2,1H3,(H,11,12). The molecule has 0 aliphatic heterocycles. The number of nitrogens with zero attached hydrogens (tertiary/aromatic N) is 1. The lowest BCUT2D eigenvalue weighted by atomic mass is 10.2. The number of carboxylic acid groups (broad SMARTS) is 1. The summed E-state index contributed by atoms with van der Waals surface area (Å²) in [5.74, 6) is -0.782. The molecule has 0 aromatic carbocycles. The molecule has 68 valence electrons. The van der Waals surface area contributed by atoms with Gasteiger partial charge in [-0.05, 0) is 18.6 Å². The maximum atomic E-state index is 10.4. The van der Waals surface area contributed by atoms with Gasteiger partial charge < -0.3 is 9.51 Å². The summed E-state index contributed by atoms with van der Waals surface area (Å²) in [6.07, 6.45) is 3.98. The van der Waals surface area contributed by atoms with Gasteiger partial charge >= 0.3 is 5.97 Å². The van der Waals surface area contributed by atoms with Crippen molar-refractivity contribution in [1.82, 2.24) is 4.40 Å². The van der Waals surface area contributed by atoms with E-state index < -0.39 is 5.97 Å². The van der Waals surface area contributed by atoms with Gasteiger partial charge in [0.1, 0.15) is 0 Å². The second-order valence-electron chi connectivity index (χ2n) is 3.01. The number of aliphatic carboxylic acids is 1. The van der Waals surface area contributed by atoms with Crippen LogP contribution in [-0.2, 0) is 11.2 Å². The van der Waals surface area contributed by atoms with Crippen molar-refractivity contribution in [1.29, 1.82) is 0 Å². The summed E-state index contributed by atoms with van der Waals surface area (Å²) in [6, 6.07) is 1.92. The summed E-state index contributed by atoms with van der Waals surface area (Å²) < 4.78 is 1.97. The van der Waals surface area contributed by atoms with E-state index in [1.807, 2.05) is 29.8 Å². The molecular formula is C9H9NO2S. The predicted molar refractivity (Wildman–Crippen MR) is 51.4 cm³/mol. The Hall–Kier alpha value is -1.29. The van der Waals surface area contributed by atoms with Crippen molar-refractivity contribution >= 4 is 22.1 Å². The van der Waals surface area contributed by atoms with Crippen molar-refractivity contribution in [2.24, 2.45) is 0 Å². The van der Waals surface area contributed by atoms with Crippen LogP contribution in [0.4, 0.5) is 0 Å². The van der Waals surface area contributed by atoms with Crippen molar-refractivity contribution in [3.05, 3.63) is 28.9 Å². The Morgan fingerprint density at radius 3 is 3.00 bits per heavy atom. The number of aryl methyl sites for hydroxylation is 1. The van der Waals surface area contributed by atoms with Crippen molar-refractivity contribution in [2.45, 2.75) is 13.3 Å². The normalized spacial score (nSPS) is 10.8. The number of fused-ring (bicyclic) bond motifs is 1. The highest BCUT2D eigenvalue weighted by Crippen LogP contribution is 2.20. The van der Waals surface area contributed by atoms with Crippen LogP contribution in [0.25, 0.3) is 4.83 Å². The van der Waals surface area contributed by atoms with Gasteiger partial charge in [-0.25, -0.2) is 0 Å². The third-order valence-electron chi connectivity index (χ3n) is 1.81. The number of carboxylic acids is 1. The smallest absolute Gasteiger partial charge is 0.307 e. The largest absolute Gasteiger partial charge is 0.481 e. The molecule has 2 aromatic rings. The predicted octanol–water partition coefficient (Wildman–Crippen LogP) is 1.94. The Morgan fingerprint density at radius 1 is 1.62 bits per heavy atom. The minimum atomic E-state index is -0.782. The molecule has 2 aromatic heterocycles. The molecule has 0 fully saturated rings. The van der Waals surface area contributed by atoms with Gasteiger partial charge in [-0.2, -0.15) is 0 Å². The highest BCUT2D eigenvalue weighted by atomic mass is 32.1. The van der Waals surface area contributed by atoms with Crippen LogP contribution in [0.1, 0.15) is 10.4 Å². The van der Waals surface area contributed by atoms with Gasteiger partial charge in [-0.1, -0.05) is 0 Å². The molecule has 2 heterocycles. The summed E-state index contributed by atoms with van der Waals surface area (Å²) >= 11 is 1.67. The van der Waals surface area contributed by atoms with Crippen LogP contribution < -0.4 is 0 Å². The maximum Gasteiger partial charge on any atom is 0.307 e. The third kappa shape index (κ3) is 1.58. The molecular weight excluding hydrogens is 186 g/mol. The lowest BCUT2D eigenvalue weighted by molar-refractivity contribution is -0.136. The van der Waals surface area contributed by atoms with Gasteiger partial charge in [0, 0.05) is 17.3 Å². The zero-order chi connectivity index (χ0) is 9.42. The van der Waals surface area contributed by atoms with E-state index in [0.717, 1.165) is 10.4 Å². The minimum Gasteiger partial charge on any atom is -0.481 e. The summed E-state index contributed by atoms with van der Waals surface area (Å²) in [4.78, 5) is 12.8. The van der Waals surface area contributed by atoms with E-state index in [4.69, 9.17) is 5.11 Å². The molecule has 0 bridgehead atoms. The molecule has 13 heavy (non-hydrogen) atoms. The Kier molecular flexibility index (Phi) is 1.84. The zero-order valence-corrected chi connectivity index (χ0v) is 7.97. The first-order valence-electron chi connectivity index (χ1n) is 3.94. The van der Waals surface area contributed by atoms with E-state index in [0.29, 0.717) is 0 Å². The molecule has 0 atom stereocenters. The van der Waals surface area contributed by atoms with Crippen molar-refractivity contribution < 1.29 is 9.90 Å². The lowest BCUT2D eigenvalue weighted by Crippen LogP contribution is -1.98. The number of carbonyl (C=O) groups is 1. The third-order valence-corrected chi connectivity index (χ3v) is 2.78. The molecule has 0 unspecified atom stereocenters. The Labute approximate surface area is 79.2 Å². The highest BCUT2D eigenvalue weighted by Gasteiger charge is 2.05. The second kappa shape index (κ2) is 2.88. The average Bonchev–Trinajstić information content (AvgIpc) is 2.41. The molecule has 3 nitrogen and oxygen atoms in total. The molecule has 4 heteroatoms. The van der Waals surface area contributed by atoms with E-state index in [9.17, 15) is 4.79 Å². The summed E-state index contributed by atoms with van der Waals surface area (Å²) in [5, 5.41) is 8.58. The summed E-state index contributed by atoms with van der Waals surface area (Å²) in [6.45, 7) is 2.04. The van der Waals surface area contributed by atoms with Gasteiger partial charge in [0.15, 0.2) is 0 Å². The molecule has 0 radical (unpaired) electrons. The Bertz CT molecular complexity index is 424. The minimum absolute atomic E-state index is 0.105. The monoisotopic (exact) mass is 195 g/mol. The fraction of sp³-hybridized carbons (Fsp3) is 0.222. The van der Waals surface area contributed by atoms with Crippen molar-refractivity contribution in [3.63, 3.8) is 0 Å². The first-order valence-corrected chi connectivity index (χ1v) is 4.75. The molecule has 0 saturated heterocycles. The molecule has 1 N–H and O–H groups in total. The van der Waals surface area contributed by atoms with Gasteiger partial charge in [-0.3, -0.25) is 4.79 Å². The summed E-state index contributed by atoms with van der Waals surface area (Å²) in [7, 11) is 0. The van der Waals surface area contributed by atoms with Gasteiger partial charge in [0.2, 0.25) is 0 Å². The molecule has 0 spiro atoms. The van der Waals surface area contributed by atoms with Crippen LogP contribution in [0.2, 0.25) is 0 Å². The van der Waals surface area contributed by atoms with E-state index in [2.05, 4.69) is 0 Å². The molecule has 2 rings (SSSR count). The SMILES string of the molecule is Cc1cn2cc(CC(=O)O)cc2s1. The average molecular weight is 195 g/mol. The van der Waals surface area contributed by atoms with Gasteiger partial charge in [0.25, 0.3) is 0 Å². The van der Waals surface area contributed by atoms with E-state index in [-0.39, 0.29) is 6.42 Å². The first-order chi connectivity index (χ1) is 6.15. The van der Waals surface area contributed by atoms with Gasteiger partial charge in [0.05, 0.1) is 11.3 Å². The molecule has 0 amide bonds. The van der Waals surface area contributed by atoms with E-state index >= 15 is 0 Å². The maximum absolute atomic E-state index is 10.4. The van der Waals surface area contributed by atoms with E-state index in [1.54, 1.807) is 11.3 Å². The molecule has 0 aliphatic carbocycles. The fourth-order valence-electron chi connectivity index (χ4n) is 1.35. The molecule has 0 saturated carbocycles. The number of aromatic nitrogens is 1. The number of thiazole rings is 1. The van der Waals surface area contributed by atoms with Crippen LogP contribution in [0, 0.1) is 6.92 Å². The summed E-state index contributed by atoms with van der Waals surface area (Å²) in [5.41, 5.74) is 0.860. The first kappa shape index (κ1) is 8.31. The highest BCUT2D eigenvalue weighted by molar-refractivity contribution is 7.17. The van der Waals surface area contributed by atoms with Crippen LogP contribution in [0.5, 0.6) is 0 Å². The Balaban J connectivity index is 2.39. The van der Waals surface area contributed by atoms with Crippen LogP contribution >= 0.6 is 11.3 Å². The van der Waals surface area contributed by atoms with Crippen LogP contribution in [-0.4, -0.2) is 15.5 Å². The lowest BCUT2D eigenvalue weighted by Gasteiger charge is -1.87. The van der Waals surface area contributed by atoms with Crippen LogP contribution in [0.15, 0.2) is 18.5 Å². The van der Waals surface area contributed by atoms with Crippen molar-refractivity contribution in [3.8, 4) is 0 Å².